The summed E-state index contributed by atoms with van der Waals surface area (Å²) < 4.78 is 0. The van der Waals surface area contributed by atoms with Gasteiger partial charge in [0.25, 0.3) is 0 Å². The lowest BCUT2D eigenvalue weighted by atomic mass is 9.85. The minimum atomic E-state index is -0.618. The van der Waals surface area contributed by atoms with Gasteiger partial charge in [-0.3, -0.25) is 9.59 Å². The van der Waals surface area contributed by atoms with E-state index in [1.165, 1.54) is 6.92 Å². The average Bonchev–Trinajstić information content (AvgIpc) is 2.59. The molecule has 0 bridgehead atoms. The molecular weight excluding hydrogens is 252 g/mol. The van der Waals surface area contributed by atoms with Crippen molar-refractivity contribution in [2.24, 2.45) is 0 Å². The highest BCUT2D eigenvalue weighted by atomic mass is 16.2. The van der Waals surface area contributed by atoms with Crippen molar-refractivity contribution in [2.45, 2.75) is 39.0 Å². The molecule has 0 saturated heterocycles. The molecule has 1 aliphatic rings. The zero-order chi connectivity index (χ0) is 14.9. The smallest absolute Gasteiger partial charge is 0.237 e. The Morgan fingerprint density at radius 2 is 2.10 bits per heavy atom. The minimum absolute atomic E-state index is 0.000945. The number of nitriles is 1. The van der Waals surface area contributed by atoms with E-state index in [0.717, 1.165) is 11.3 Å². The zero-order valence-corrected chi connectivity index (χ0v) is 12.1. The molecular formula is C16H18N2O2. The van der Waals surface area contributed by atoms with Crippen LogP contribution in [0, 0.1) is 11.3 Å². The van der Waals surface area contributed by atoms with E-state index in [-0.39, 0.29) is 11.7 Å². The van der Waals surface area contributed by atoms with E-state index in [2.05, 4.69) is 6.07 Å². The molecule has 0 spiro atoms. The minimum Gasteiger partial charge on any atom is -0.311 e. The van der Waals surface area contributed by atoms with Crippen LogP contribution in [0.1, 0.15) is 49.5 Å². The monoisotopic (exact) mass is 270 g/mol. The fourth-order valence-corrected chi connectivity index (χ4v) is 2.59. The number of anilines is 1. The van der Waals surface area contributed by atoms with Crippen molar-refractivity contribution < 1.29 is 9.59 Å². The van der Waals surface area contributed by atoms with Crippen molar-refractivity contribution in [1.82, 2.24) is 0 Å². The van der Waals surface area contributed by atoms with Crippen LogP contribution in [0.15, 0.2) is 18.2 Å². The van der Waals surface area contributed by atoms with Crippen LogP contribution in [0.3, 0.4) is 0 Å². The fraction of sp³-hybridized carbons (Fsp3) is 0.438. The van der Waals surface area contributed by atoms with Crippen LogP contribution in [-0.4, -0.2) is 18.2 Å². The van der Waals surface area contributed by atoms with Crippen LogP contribution in [0.2, 0.25) is 0 Å². The first kappa shape index (κ1) is 14.3. The molecule has 0 N–H and O–H groups in total. The third-order valence-electron chi connectivity index (χ3n) is 3.82. The molecule has 0 radical (unpaired) electrons. The highest BCUT2D eigenvalue weighted by Crippen LogP contribution is 2.42. The van der Waals surface area contributed by atoms with Crippen LogP contribution < -0.4 is 4.90 Å². The normalized spacial score (nSPS) is 15.9. The lowest BCUT2D eigenvalue weighted by Crippen LogP contribution is -2.36. The molecule has 104 valence electrons. The number of fused-ring (bicyclic) bond motifs is 1. The third kappa shape index (κ3) is 2.20. The fourth-order valence-electron chi connectivity index (χ4n) is 2.59. The van der Waals surface area contributed by atoms with E-state index in [4.69, 9.17) is 5.26 Å². The standard InChI is InChI=1S/C16H18N2O2/c1-11(19)12-6-7-14-13(10-12)16(2,3)15(20)18(14)9-5-4-8-17/h6-7,10H,4-5,9H2,1-3H3. The first-order valence-electron chi connectivity index (χ1n) is 6.74. The number of nitrogens with zero attached hydrogens (tertiary/aromatic N) is 2. The van der Waals surface area contributed by atoms with E-state index >= 15 is 0 Å². The SMILES string of the molecule is CC(=O)c1ccc2c(c1)C(C)(C)C(=O)N2CCCC#N. The van der Waals surface area contributed by atoms with Crippen molar-refractivity contribution in [1.29, 1.82) is 5.26 Å². The molecule has 0 aromatic heterocycles. The summed E-state index contributed by atoms with van der Waals surface area (Å²) in [5.41, 5.74) is 1.77. The Morgan fingerprint density at radius 1 is 1.40 bits per heavy atom. The van der Waals surface area contributed by atoms with Gasteiger partial charge in [-0.2, -0.15) is 5.26 Å². The molecule has 20 heavy (non-hydrogen) atoms. The summed E-state index contributed by atoms with van der Waals surface area (Å²) in [6.45, 7) is 5.82. The Morgan fingerprint density at radius 3 is 2.70 bits per heavy atom. The number of Topliss-reactive ketones (excluding diaryl/α,β-unsaturated/α-hetero) is 1. The van der Waals surface area contributed by atoms with Gasteiger partial charge in [-0.05, 0) is 51.0 Å². The van der Waals surface area contributed by atoms with Crippen LogP contribution in [0.5, 0.6) is 0 Å². The number of hydrogen-bond donors (Lipinski definition) is 0. The van der Waals surface area contributed by atoms with Gasteiger partial charge in [0, 0.05) is 24.2 Å². The van der Waals surface area contributed by atoms with Crippen LogP contribution >= 0.6 is 0 Å². The highest BCUT2D eigenvalue weighted by molar-refractivity contribution is 6.08. The highest BCUT2D eigenvalue weighted by Gasteiger charge is 2.43. The lowest BCUT2D eigenvalue weighted by Gasteiger charge is -2.19. The van der Waals surface area contributed by atoms with Gasteiger partial charge >= 0.3 is 0 Å². The van der Waals surface area contributed by atoms with Crippen LogP contribution in [-0.2, 0) is 10.2 Å². The number of unbranched alkanes of at least 4 members (excludes halogenated alkanes) is 1. The predicted octanol–water partition coefficient (Wildman–Crippen LogP) is 2.82. The molecule has 0 unspecified atom stereocenters. The molecule has 1 aromatic rings. The number of amides is 1. The molecule has 1 aliphatic heterocycles. The summed E-state index contributed by atoms with van der Waals surface area (Å²) in [4.78, 5) is 25.7. The van der Waals surface area contributed by atoms with Crippen molar-refractivity contribution >= 4 is 17.4 Å². The molecule has 0 aliphatic carbocycles. The largest absolute Gasteiger partial charge is 0.311 e. The van der Waals surface area contributed by atoms with E-state index < -0.39 is 5.41 Å². The number of carbonyl (C=O) groups excluding carboxylic acids is 2. The van der Waals surface area contributed by atoms with Crippen molar-refractivity contribution in [3.8, 4) is 6.07 Å². The summed E-state index contributed by atoms with van der Waals surface area (Å²) >= 11 is 0. The van der Waals surface area contributed by atoms with Crippen molar-refractivity contribution in [3.05, 3.63) is 29.3 Å². The molecule has 1 aromatic carbocycles. The quantitative estimate of drug-likeness (QED) is 0.624. The number of rotatable bonds is 4. The summed E-state index contributed by atoms with van der Waals surface area (Å²) in [6.07, 6.45) is 1.09. The zero-order valence-electron chi connectivity index (χ0n) is 12.1. The number of benzene rings is 1. The number of hydrogen-bond acceptors (Lipinski definition) is 3. The van der Waals surface area contributed by atoms with Gasteiger partial charge in [0.15, 0.2) is 5.78 Å². The molecule has 0 atom stereocenters. The maximum absolute atomic E-state index is 12.5. The second kappa shape index (κ2) is 5.09. The molecule has 4 heteroatoms. The molecule has 0 fully saturated rings. The summed E-state index contributed by atoms with van der Waals surface area (Å²) in [6, 6.07) is 7.51. The third-order valence-corrected chi connectivity index (χ3v) is 3.82. The van der Waals surface area contributed by atoms with Crippen LogP contribution in [0.4, 0.5) is 5.69 Å². The topological polar surface area (TPSA) is 61.2 Å². The van der Waals surface area contributed by atoms with E-state index in [1.807, 2.05) is 26.0 Å². The van der Waals surface area contributed by atoms with Gasteiger partial charge in [-0.15, -0.1) is 0 Å². The Labute approximate surface area is 119 Å². The van der Waals surface area contributed by atoms with Gasteiger partial charge in [0.05, 0.1) is 11.5 Å². The van der Waals surface area contributed by atoms with E-state index in [0.29, 0.717) is 24.9 Å². The number of carbonyl (C=O) groups is 2. The lowest BCUT2D eigenvalue weighted by molar-refractivity contribution is -0.122. The second-order valence-corrected chi connectivity index (χ2v) is 5.63. The maximum atomic E-state index is 12.5. The predicted molar refractivity (Wildman–Crippen MR) is 76.7 cm³/mol. The van der Waals surface area contributed by atoms with Crippen LogP contribution in [0.25, 0.3) is 0 Å². The number of ketones is 1. The first-order valence-corrected chi connectivity index (χ1v) is 6.74. The molecule has 1 amide bonds. The molecule has 2 rings (SSSR count). The molecule has 0 saturated carbocycles. The van der Waals surface area contributed by atoms with Crippen molar-refractivity contribution in [3.63, 3.8) is 0 Å². The van der Waals surface area contributed by atoms with Gasteiger partial charge in [-0.25, -0.2) is 0 Å². The maximum Gasteiger partial charge on any atom is 0.237 e. The first-order chi connectivity index (χ1) is 9.39. The van der Waals surface area contributed by atoms with Crippen molar-refractivity contribution in [2.75, 3.05) is 11.4 Å². The molecule has 1 heterocycles. The Balaban J connectivity index is 2.41. The summed E-state index contributed by atoms with van der Waals surface area (Å²) in [7, 11) is 0. The summed E-state index contributed by atoms with van der Waals surface area (Å²) in [5.74, 6) is 0.0325. The van der Waals surface area contributed by atoms with Gasteiger partial charge in [-0.1, -0.05) is 0 Å². The average molecular weight is 270 g/mol. The van der Waals surface area contributed by atoms with Gasteiger partial charge < -0.3 is 4.90 Å². The Hall–Kier alpha value is -2.15. The van der Waals surface area contributed by atoms with Gasteiger partial charge in [0.2, 0.25) is 5.91 Å². The Kier molecular flexibility index (Phi) is 3.63. The summed E-state index contributed by atoms with van der Waals surface area (Å²) in [5, 5.41) is 8.61. The van der Waals surface area contributed by atoms with E-state index in [9.17, 15) is 9.59 Å². The molecule has 4 nitrogen and oxygen atoms in total. The Bertz CT molecular complexity index is 611. The van der Waals surface area contributed by atoms with Gasteiger partial charge in [0.1, 0.15) is 0 Å². The van der Waals surface area contributed by atoms with E-state index in [1.54, 1.807) is 11.0 Å². The second-order valence-electron chi connectivity index (χ2n) is 5.63.